The molecule has 0 unspecified atom stereocenters. The molecular weight excluding hydrogens is 327 g/mol. The first-order chi connectivity index (χ1) is 9.95. The third-order valence-electron chi connectivity index (χ3n) is 2.22. The summed E-state index contributed by atoms with van der Waals surface area (Å²) in [7, 11) is 0. The van der Waals surface area contributed by atoms with Crippen molar-refractivity contribution in [3.63, 3.8) is 0 Å². The molecule has 1 aromatic rings. The fourth-order valence-corrected chi connectivity index (χ4v) is 1.46. The van der Waals surface area contributed by atoms with Crippen molar-refractivity contribution in [3.8, 4) is 5.75 Å². The highest BCUT2D eigenvalue weighted by Gasteiger charge is 2.42. The van der Waals surface area contributed by atoms with E-state index < -0.39 is 47.8 Å². The molecule has 1 rings (SSSR count). The van der Waals surface area contributed by atoms with Crippen LogP contribution in [-0.2, 0) is 22.1 Å². The highest BCUT2D eigenvalue weighted by Crippen LogP contribution is 2.40. The Kier molecular flexibility index (Phi) is 5.20. The smallest absolute Gasteiger partial charge is 0.466 e. The monoisotopic (exact) mass is 335 g/mol. The number of rotatable bonds is 4. The molecule has 0 bridgehead atoms. The van der Waals surface area contributed by atoms with Crippen molar-refractivity contribution in [1.82, 2.24) is 4.98 Å². The van der Waals surface area contributed by atoms with Gasteiger partial charge in [-0.1, -0.05) is 0 Å². The normalized spacial score (nSPS) is 12.2. The van der Waals surface area contributed by atoms with E-state index in [0.29, 0.717) is 0 Å². The van der Waals surface area contributed by atoms with Crippen LogP contribution in [0.15, 0.2) is 6.20 Å². The second-order valence-corrected chi connectivity index (χ2v) is 3.80. The summed E-state index contributed by atoms with van der Waals surface area (Å²) in [5.41, 5.74) is -3.24. The van der Waals surface area contributed by atoms with Gasteiger partial charge in [-0.3, -0.25) is 4.79 Å². The number of halogens is 7. The molecule has 0 atom stereocenters. The van der Waals surface area contributed by atoms with Crippen molar-refractivity contribution in [2.75, 3.05) is 6.61 Å². The molecule has 22 heavy (non-hydrogen) atoms. The Hall–Kier alpha value is -2.07. The number of hydrogen-bond acceptors (Lipinski definition) is 4. The lowest BCUT2D eigenvalue weighted by Crippen LogP contribution is -2.23. The van der Waals surface area contributed by atoms with Gasteiger partial charge < -0.3 is 9.47 Å². The van der Waals surface area contributed by atoms with Gasteiger partial charge in [0, 0.05) is 6.20 Å². The van der Waals surface area contributed by atoms with Crippen LogP contribution in [0.2, 0.25) is 0 Å². The predicted molar refractivity (Wildman–Crippen MR) is 56.2 cm³/mol. The van der Waals surface area contributed by atoms with Crippen LogP contribution < -0.4 is 4.74 Å². The van der Waals surface area contributed by atoms with Gasteiger partial charge >= 0.3 is 18.5 Å². The van der Waals surface area contributed by atoms with Crippen molar-refractivity contribution in [2.45, 2.75) is 25.9 Å². The lowest BCUT2D eigenvalue weighted by molar-refractivity contribution is -0.276. The van der Waals surface area contributed by atoms with Crippen LogP contribution >= 0.6 is 0 Å². The highest BCUT2D eigenvalue weighted by molar-refractivity contribution is 5.73. The number of esters is 1. The molecule has 0 aliphatic rings. The van der Waals surface area contributed by atoms with Gasteiger partial charge in [-0.05, 0) is 6.92 Å². The number of alkyl halides is 6. The molecular formula is C11H8F7NO3. The van der Waals surface area contributed by atoms with Gasteiger partial charge in [0.15, 0.2) is 5.75 Å². The molecule has 0 amide bonds. The van der Waals surface area contributed by atoms with E-state index >= 15 is 0 Å². The van der Waals surface area contributed by atoms with Gasteiger partial charge in [0.2, 0.25) is 5.95 Å². The number of pyridine rings is 1. The van der Waals surface area contributed by atoms with Gasteiger partial charge in [-0.2, -0.15) is 17.6 Å². The SMILES string of the molecule is CCOC(=O)Cc1c(F)ncc(C(F)(F)F)c1OC(F)(F)F. The Bertz CT molecular complexity index is 554. The summed E-state index contributed by atoms with van der Waals surface area (Å²) in [4.78, 5) is 13.9. The van der Waals surface area contributed by atoms with Gasteiger partial charge in [-0.25, -0.2) is 4.98 Å². The summed E-state index contributed by atoms with van der Waals surface area (Å²) in [6, 6.07) is 0. The van der Waals surface area contributed by atoms with E-state index in [4.69, 9.17) is 0 Å². The van der Waals surface area contributed by atoms with E-state index in [1.165, 1.54) is 6.92 Å². The lowest BCUT2D eigenvalue weighted by Gasteiger charge is -2.18. The summed E-state index contributed by atoms with van der Waals surface area (Å²) in [6.07, 6.45) is -12.1. The van der Waals surface area contributed by atoms with Crippen molar-refractivity contribution in [2.24, 2.45) is 0 Å². The number of carbonyl (C=O) groups excluding carboxylic acids is 1. The van der Waals surface area contributed by atoms with Crippen LogP contribution in [-0.4, -0.2) is 23.9 Å². The van der Waals surface area contributed by atoms with Gasteiger partial charge in [0.25, 0.3) is 0 Å². The largest absolute Gasteiger partial charge is 0.573 e. The first kappa shape index (κ1) is 18.0. The summed E-state index contributed by atoms with van der Waals surface area (Å²) >= 11 is 0. The molecule has 11 heteroatoms. The van der Waals surface area contributed by atoms with Crippen LogP contribution in [0.25, 0.3) is 0 Å². The molecule has 0 saturated carbocycles. The van der Waals surface area contributed by atoms with E-state index in [1.807, 2.05) is 0 Å². The number of carbonyl (C=O) groups is 1. The number of hydrogen-bond donors (Lipinski definition) is 0. The molecule has 1 heterocycles. The first-order valence-corrected chi connectivity index (χ1v) is 5.61. The molecule has 0 aliphatic carbocycles. The molecule has 0 spiro atoms. The maximum atomic E-state index is 13.5. The maximum absolute atomic E-state index is 13.5. The Morgan fingerprint density at radius 2 is 1.82 bits per heavy atom. The fourth-order valence-electron chi connectivity index (χ4n) is 1.46. The van der Waals surface area contributed by atoms with Crippen molar-refractivity contribution >= 4 is 5.97 Å². The zero-order valence-electron chi connectivity index (χ0n) is 10.8. The van der Waals surface area contributed by atoms with Crippen molar-refractivity contribution in [1.29, 1.82) is 0 Å². The minimum absolute atomic E-state index is 0.148. The Labute approximate surface area is 118 Å². The third-order valence-corrected chi connectivity index (χ3v) is 2.22. The van der Waals surface area contributed by atoms with E-state index in [-0.39, 0.29) is 12.8 Å². The topological polar surface area (TPSA) is 48.4 Å². The first-order valence-electron chi connectivity index (χ1n) is 5.61. The Morgan fingerprint density at radius 3 is 2.27 bits per heavy atom. The molecule has 0 N–H and O–H groups in total. The number of nitrogens with zero attached hydrogens (tertiary/aromatic N) is 1. The molecule has 0 fully saturated rings. The molecule has 0 aromatic carbocycles. The zero-order valence-corrected chi connectivity index (χ0v) is 10.8. The van der Waals surface area contributed by atoms with E-state index in [0.717, 1.165) is 0 Å². The minimum atomic E-state index is -5.52. The molecule has 0 radical (unpaired) electrons. The summed E-state index contributed by atoms with van der Waals surface area (Å²) in [5, 5.41) is 0. The van der Waals surface area contributed by atoms with E-state index in [2.05, 4.69) is 14.5 Å². The van der Waals surface area contributed by atoms with E-state index in [1.54, 1.807) is 0 Å². The lowest BCUT2D eigenvalue weighted by atomic mass is 10.1. The molecule has 0 aliphatic heterocycles. The van der Waals surface area contributed by atoms with Crippen LogP contribution in [0.5, 0.6) is 5.75 Å². The fraction of sp³-hybridized carbons (Fsp3) is 0.455. The van der Waals surface area contributed by atoms with Crippen LogP contribution in [0.4, 0.5) is 30.7 Å². The number of ether oxygens (including phenoxy) is 2. The second-order valence-electron chi connectivity index (χ2n) is 3.80. The molecule has 124 valence electrons. The van der Waals surface area contributed by atoms with Crippen LogP contribution in [0, 0.1) is 5.95 Å². The Morgan fingerprint density at radius 1 is 1.23 bits per heavy atom. The molecule has 1 aromatic heterocycles. The van der Waals surface area contributed by atoms with Crippen LogP contribution in [0.1, 0.15) is 18.1 Å². The van der Waals surface area contributed by atoms with Crippen LogP contribution in [0.3, 0.4) is 0 Å². The van der Waals surface area contributed by atoms with Gasteiger partial charge in [-0.15, -0.1) is 13.2 Å². The average molecular weight is 335 g/mol. The standard InChI is InChI=1S/C11H8F7NO3/c1-2-21-7(20)3-5-8(22-11(16,17)18)6(10(13,14)15)4-19-9(5)12/h4H,2-3H2,1H3. The average Bonchev–Trinajstić information content (AvgIpc) is 2.30. The maximum Gasteiger partial charge on any atom is 0.573 e. The zero-order chi connectivity index (χ0) is 17.1. The van der Waals surface area contributed by atoms with E-state index in [9.17, 15) is 35.5 Å². The molecule has 4 nitrogen and oxygen atoms in total. The van der Waals surface area contributed by atoms with Gasteiger partial charge in [0.1, 0.15) is 5.56 Å². The predicted octanol–water partition coefficient (Wildman–Crippen LogP) is 3.24. The third kappa shape index (κ3) is 4.74. The van der Waals surface area contributed by atoms with Gasteiger partial charge in [0.05, 0.1) is 18.6 Å². The molecule has 0 saturated heterocycles. The quantitative estimate of drug-likeness (QED) is 0.481. The highest BCUT2D eigenvalue weighted by atomic mass is 19.4. The minimum Gasteiger partial charge on any atom is -0.466 e. The second kappa shape index (κ2) is 6.36. The Balaban J connectivity index is 3.41. The summed E-state index contributed by atoms with van der Waals surface area (Å²) < 4.78 is 95.9. The van der Waals surface area contributed by atoms with Crippen molar-refractivity contribution in [3.05, 3.63) is 23.3 Å². The van der Waals surface area contributed by atoms with Crippen molar-refractivity contribution < 1.29 is 45.0 Å². The summed E-state index contributed by atoms with van der Waals surface area (Å²) in [6.45, 7) is 1.16. The number of aromatic nitrogens is 1. The summed E-state index contributed by atoms with van der Waals surface area (Å²) in [5.74, 6) is -4.78.